The fraction of sp³-hybridized carbons (Fsp3) is 0.300. The Morgan fingerprint density at radius 1 is 1.19 bits per heavy atom. The highest BCUT2D eigenvalue weighted by Gasteiger charge is 2.11. The molecule has 0 radical (unpaired) electrons. The molecule has 2 amide bonds. The third-order valence-electron chi connectivity index (χ3n) is 3.97. The van der Waals surface area contributed by atoms with Crippen LogP contribution in [0.25, 0.3) is 17.2 Å². The Bertz CT molecular complexity index is 803. The molecule has 1 aromatic carbocycles. The normalized spacial score (nSPS) is 10.7. The SMILES string of the molecule is CCCCCNC(=O)N(C)c1cccc(-c2cnc(/C=C/C(=O)O)nc2)c1. The Morgan fingerprint density at radius 2 is 1.93 bits per heavy atom. The smallest absolute Gasteiger partial charge is 0.328 e. The zero-order valence-corrected chi connectivity index (χ0v) is 15.6. The lowest BCUT2D eigenvalue weighted by atomic mass is 10.1. The largest absolute Gasteiger partial charge is 0.478 e. The predicted molar refractivity (Wildman–Crippen MR) is 105 cm³/mol. The van der Waals surface area contributed by atoms with Gasteiger partial charge in [0.1, 0.15) is 0 Å². The molecule has 2 N–H and O–H groups in total. The van der Waals surface area contributed by atoms with Crippen molar-refractivity contribution in [2.45, 2.75) is 26.2 Å². The van der Waals surface area contributed by atoms with Crippen molar-refractivity contribution in [1.29, 1.82) is 0 Å². The number of aliphatic carboxylic acids is 1. The van der Waals surface area contributed by atoms with Gasteiger partial charge in [0, 0.05) is 43.3 Å². The predicted octanol–water partition coefficient (Wildman–Crippen LogP) is 3.58. The summed E-state index contributed by atoms with van der Waals surface area (Å²) in [5, 5.41) is 11.5. The highest BCUT2D eigenvalue weighted by molar-refractivity contribution is 5.92. The van der Waals surface area contributed by atoms with Crippen molar-refractivity contribution in [3.8, 4) is 11.1 Å². The quantitative estimate of drug-likeness (QED) is 0.548. The summed E-state index contributed by atoms with van der Waals surface area (Å²) < 4.78 is 0. The molecule has 0 bridgehead atoms. The van der Waals surface area contributed by atoms with Gasteiger partial charge in [0.15, 0.2) is 5.82 Å². The Labute approximate surface area is 158 Å². The van der Waals surface area contributed by atoms with Crippen molar-refractivity contribution in [3.63, 3.8) is 0 Å². The van der Waals surface area contributed by atoms with E-state index in [0.29, 0.717) is 12.4 Å². The van der Waals surface area contributed by atoms with Crippen LogP contribution in [0, 0.1) is 0 Å². The second-order valence-corrected chi connectivity index (χ2v) is 6.05. The van der Waals surface area contributed by atoms with Gasteiger partial charge in [-0.05, 0) is 30.2 Å². The Balaban J connectivity index is 2.08. The summed E-state index contributed by atoms with van der Waals surface area (Å²) in [5.41, 5.74) is 2.41. The fourth-order valence-corrected chi connectivity index (χ4v) is 2.42. The van der Waals surface area contributed by atoms with Gasteiger partial charge in [0.05, 0.1) is 0 Å². The van der Waals surface area contributed by atoms with Crippen LogP contribution >= 0.6 is 0 Å². The fourth-order valence-electron chi connectivity index (χ4n) is 2.42. The molecule has 142 valence electrons. The van der Waals surface area contributed by atoms with E-state index in [0.717, 1.165) is 42.2 Å². The van der Waals surface area contributed by atoms with Crippen molar-refractivity contribution >= 4 is 23.8 Å². The van der Waals surface area contributed by atoms with Crippen LogP contribution in [0.15, 0.2) is 42.7 Å². The molecule has 2 rings (SSSR count). The Hall–Kier alpha value is -3.22. The number of benzene rings is 1. The number of carboxylic acids is 1. The molecule has 7 nitrogen and oxygen atoms in total. The molecule has 0 atom stereocenters. The summed E-state index contributed by atoms with van der Waals surface area (Å²) in [6.45, 7) is 2.79. The number of nitrogens with one attached hydrogen (secondary N) is 1. The first-order valence-electron chi connectivity index (χ1n) is 8.86. The Kier molecular flexibility index (Phi) is 7.49. The van der Waals surface area contributed by atoms with Crippen LogP contribution < -0.4 is 10.2 Å². The monoisotopic (exact) mass is 368 g/mol. The summed E-state index contributed by atoms with van der Waals surface area (Å²) in [6, 6.07) is 7.37. The van der Waals surface area contributed by atoms with E-state index in [4.69, 9.17) is 5.11 Å². The van der Waals surface area contributed by atoms with Crippen LogP contribution in [0.2, 0.25) is 0 Å². The number of hydrogen-bond acceptors (Lipinski definition) is 4. The molecule has 0 unspecified atom stereocenters. The van der Waals surface area contributed by atoms with Crippen molar-refractivity contribution in [3.05, 3.63) is 48.6 Å². The molecule has 7 heteroatoms. The van der Waals surface area contributed by atoms with E-state index in [2.05, 4.69) is 22.2 Å². The maximum atomic E-state index is 12.3. The molecule has 27 heavy (non-hydrogen) atoms. The minimum Gasteiger partial charge on any atom is -0.478 e. The van der Waals surface area contributed by atoms with E-state index in [-0.39, 0.29) is 6.03 Å². The van der Waals surface area contributed by atoms with E-state index in [9.17, 15) is 9.59 Å². The van der Waals surface area contributed by atoms with Crippen LogP contribution in [-0.4, -0.2) is 40.7 Å². The lowest BCUT2D eigenvalue weighted by molar-refractivity contribution is -0.131. The summed E-state index contributed by atoms with van der Waals surface area (Å²) in [5.74, 6) is -0.729. The molecule has 0 fully saturated rings. The van der Waals surface area contributed by atoms with Gasteiger partial charge in [-0.25, -0.2) is 19.6 Å². The van der Waals surface area contributed by atoms with Gasteiger partial charge in [0.2, 0.25) is 0 Å². The molecule has 0 spiro atoms. The molecule has 0 saturated heterocycles. The molecule has 1 heterocycles. The minimum absolute atomic E-state index is 0.145. The number of anilines is 1. The number of aromatic nitrogens is 2. The molecule has 0 aliphatic heterocycles. The number of hydrogen-bond donors (Lipinski definition) is 2. The van der Waals surface area contributed by atoms with Crippen LogP contribution in [0.1, 0.15) is 32.0 Å². The van der Waals surface area contributed by atoms with Crippen molar-refractivity contribution < 1.29 is 14.7 Å². The van der Waals surface area contributed by atoms with Gasteiger partial charge in [-0.2, -0.15) is 0 Å². The summed E-state index contributed by atoms with van der Waals surface area (Å²) in [4.78, 5) is 32.6. The molecular weight excluding hydrogens is 344 g/mol. The third kappa shape index (κ3) is 6.22. The summed E-state index contributed by atoms with van der Waals surface area (Å²) >= 11 is 0. The van der Waals surface area contributed by atoms with Gasteiger partial charge in [-0.15, -0.1) is 0 Å². The zero-order valence-electron chi connectivity index (χ0n) is 15.6. The first-order valence-corrected chi connectivity index (χ1v) is 8.86. The van der Waals surface area contributed by atoms with Crippen LogP contribution in [0.4, 0.5) is 10.5 Å². The molecule has 1 aromatic heterocycles. The molecule has 0 aliphatic rings. The number of carboxylic acid groups (broad SMARTS) is 1. The molecule has 0 aliphatic carbocycles. The number of unbranched alkanes of at least 4 members (excludes halogenated alkanes) is 2. The average Bonchev–Trinajstić information content (AvgIpc) is 2.69. The van der Waals surface area contributed by atoms with Gasteiger partial charge >= 0.3 is 12.0 Å². The van der Waals surface area contributed by atoms with Crippen molar-refractivity contribution in [2.75, 3.05) is 18.5 Å². The van der Waals surface area contributed by atoms with Crippen LogP contribution in [-0.2, 0) is 4.79 Å². The Morgan fingerprint density at radius 3 is 2.59 bits per heavy atom. The van der Waals surface area contributed by atoms with Crippen molar-refractivity contribution in [1.82, 2.24) is 15.3 Å². The molecule has 2 aromatic rings. The van der Waals surface area contributed by atoms with Crippen LogP contribution in [0.3, 0.4) is 0 Å². The highest BCUT2D eigenvalue weighted by Crippen LogP contribution is 2.23. The number of rotatable bonds is 8. The highest BCUT2D eigenvalue weighted by atomic mass is 16.4. The van der Waals surface area contributed by atoms with E-state index >= 15 is 0 Å². The van der Waals surface area contributed by atoms with E-state index in [1.807, 2.05) is 24.3 Å². The van der Waals surface area contributed by atoms with E-state index in [1.54, 1.807) is 24.3 Å². The lowest BCUT2D eigenvalue weighted by Gasteiger charge is -2.19. The second kappa shape index (κ2) is 10.1. The number of amides is 2. The lowest BCUT2D eigenvalue weighted by Crippen LogP contribution is -2.37. The maximum Gasteiger partial charge on any atom is 0.328 e. The summed E-state index contributed by atoms with van der Waals surface area (Å²) in [6.07, 6.45) is 8.74. The number of carbonyl (C=O) groups is 2. The van der Waals surface area contributed by atoms with Gasteiger partial charge in [-0.3, -0.25) is 4.90 Å². The van der Waals surface area contributed by atoms with Gasteiger partial charge in [0.25, 0.3) is 0 Å². The van der Waals surface area contributed by atoms with Crippen LogP contribution in [0.5, 0.6) is 0 Å². The van der Waals surface area contributed by atoms with Gasteiger partial charge in [-0.1, -0.05) is 31.9 Å². The average molecular weight is 368 g/mol. The van der Waals surface area contributed by atoms with E-state index in [1.165, 1.54) is 6.08 Å². The first kappa shape index (κ1) is 20.1. The van der Waals surface area contributed by atoms with Crippen molar-refractivity contribution in [2.24, 2.45) is 0 Å². The first-order chi connectivity index (χ1) is 13.0. The summed E-state index contributed by atoms with van der Waals surface area (Å²) in [7, 11) is 1.73. The second-order valence-electron chi connectivity index (χ2n) is 6.05. The third-order valence-corrected chi connectivity index (χ3v) is 3.97. The number of carbonyl (C=O) groups excluding carboxylic acids is 1. The maximum absolute atomic E-state index is 12.3. The molecule has 0 saturated carbocycles. The minimum atomic E-state index is -1.05. The topological polar surface area (TPSA) is 95.4 Å². The van der Waals surface area contributed by atoms with E-state index < -0.39 is 5.97 Å². The standard InChI is InChI=1S/C20H24N4O3/c1-3-4-5-11-21-20(27)24(2)17-8-6-7-15(12-17)16-13-22-18(23-14-16)9-10-19(25)26/h6-10,12-14H,3-5,11H2,1-2H3,(H,21,27)(H,25,26)/b10-9+. The molecular formula is C20H24N4O3. The van der Waals surface area contributed by atoms with Gasteiger partial charge < -0.3 is 10.4 Å². The number of urea groups is 1. The zero-order chi connectivity index (χ0) is 19.6. The number of nitrogens with zero attached hydrogens (tertiary/aromatic N) is 3.